The van der Waals surface area contributed by atoms with Crippen LogP contribution in [0.1, 0.15) is 28.2 Å². The Bertz CT molecular complexity index is 1060. The molecule has 0 fully saturated rings. The highest BCUT2D eigenvalue weighted by atomic mass is 19.3. The Hall–Kier alpha value is -3.30. The van der Waals surface area contributed by atoms with Gasteiger partial charge in [0.1, 0.15) is 5.52 Å². The second kappa shape index (κ2) is 5.86. The van der Waals surface area contributed by atoms with E-state index in [4.69, 9.17) is 0 Å². The van der Waals surface area contributed by atoms with E-state index in [-0.39, 0.29) is 40.2 Å². The molecule has 1 aliphatic heterocycles. The van der Waals surface area contributed by atoms with Crippen molar-refractivity contribution in [2.75, 3.05) is 0 Å². The van der Waals surface area contributed by atoms with Crippen molar-refractivity contribution in [3.63, 3.8) is 0 Å². The number of fused-ring (bicyclic) bond motifs is 2. The molecular formula is C17H10F4N2O4. The van der Waals surface area contributed by atoms with E-state index in [1.54, 1.807) is 0 Å². The van der Waals surface area contributed by atoms with Crippen molar-refractivity contribution in [2.45, 2.75) is 19.3 Å². The molecule has 0 amide bonds. The number of carboxylic acids is 1. The molecule has 0 atom stereocenters. The summed E-state index contributed by atoms with van der Waals surface area (Å²) in [6.45, 7) is -0.290. The number of hydrogen-bond donors (Lipinski definition) is 1. The lowest BCUT2D eigenvalue weighted by atomic mass is 10.1. The van der Waals surface area contributed by atoms with Crippen LogP contribution in [0.25, 0.3) is 11.0 Å². The third kappa shape index (κ3) is 2.82. The summed E-state index contributed by atoms with van der Waals surface area (Å²) >= 11 is 0. The van der Waals surface area contributed by atoms with Gasteiger partial charge in [0.25, 0.3) is 6.43 Å². The molecule has 10 heteroatoms. The molecule has 2 aromatic carbocycles. The van der Waals surface area contributed by atoms with E-state index < -0.39 is 24.5 Å². The number of aromatic nitrogens is 2. The van der Waals surface area contributed by atoms with Gasteiger partial charge in [-0.2, -0.15) is 0 Å². The minimum Gasteiger partial charge on any atom is -0.478 e. The Balaban J connectivity index is 1.87. The first-order valence-corrected chi connectivity index (χ1v) is 7.65. The van der Waals surface area contributed by atoms with Gasteiger partial charge in [0.05, 0.1) is 17.6 Å². The van der Waals surface area contributed by atoms with Gasteiger partial charge in [0, 0.05) is 5.56 Å². The average molecular weight is 382 g/mol. The standard InChI is InChI=1S/C17H10F4N2O4/c18-14(19)15-22-12-9(16(24)25)4-2-5-10(12)23(15)7-8-3-1-6-11-13(8)27-17(20,21)26-11/h1-6,14H,7H2,(H,24,25). The molecule has 27 heavy (non-hydrogen) atoms. The Kier molecular flexibility index (Phi) is 3.72. The number of imidazole rings is 1. The fourth-order valence-electron chi connectivity index (χ4n) is 2.99. The molecule has 0 saturated heterocycles. The molecule has 0 bridgehead atoms. The predicted octanol–water partition coefficient (Wildman–Crippen LogP) is 4.04. The summed E-state index contributed by atoms with van der Waals surface area (Å²) in [6, 6.07) is 8.17. The van der Waals surface area contributed by atoms with Crippen LogP contribution in [-0.2, 0) is 6.54 Å². The number of nitrogens with zero attached hydrogens (tertiary/aromatic N) is 2. The highest BCUT2D eigenvalue weighted by molar-refractivity contribution is 6.01. The molecule has 6 nitrogen and oxygen atoms in total. The Morgan fingerprint density at radius 2 is 1.93 bits per heavy atom. The molecule has 0 unspecified atom stereocenters. The second-order valence-electron chi connectivity index (χ2n) is 5.75. The molecule has 1 N–H and O–H groups in total. The fourth-order valence-corrected chi connectivity index (χ4v) is 2.99. The molecule has 1 aliphatic rings. The summed E-state index contributed by atoms with van der Waals surface area (Å²) in [7, 11) is 0. The van der Waals surface area contributed by atoms with Gasteiger partial charge in [-0.15, -0.1) is 8.78 Å². The minimum atomic E-state index is -3.85. The van der Waals surface area contributed by atoms with Crippen LogP contribution >= 0.6 is 0 Å². The van der Waals surface area contributed by atoms with Crippen molar-refractivity contribution < 1.29 is 36.9 Å². The third-order valence-electron chi connectivity index (χ3n) is 4.07. The Labute approximate surface area is 148 Å². The van der Waals surface area contributed by atoms with Gasteiger partial charge in [-0.3, -0.25) is 0 Å². The van der Waals surface area contributed by atoms with Crippen LogP contribution < -0.4 is 9.47 Å². The van der Waals surface area contributed by atoms with Crippen LogP contribution in [0.2, 0.25) is 0 Å². The number of carboxylic acid groups (broad SMARTS) is 1. The average Bonchev–Trinajstić information content (AvgIpc) is 3.11. The number of aromatic carboxylic acids is 1. The van der Waals surface area contributed by atoms with E-state index in [1.807, 2.05) is 0 Å². The van der Waals surface area contributed by atoms with Crippen molar-refractivity contribution in [1.82, 2.24) is 9.55 Å². The topological polar surface area (TPSA) is 73.6 Å². The van der Waals surface area contributed by atoms with Crippen molar-refractivity contribution in [1.29, 1.82) is 0 Å². The van der Waals surface area contributed by atoms with Crippen LogP contribution in [0.4, 0.5) is 17.6 Å². The van der Waals surface area contributed by atoms with Gasteiger partial charge in [0.15, 0.2) is 17.3 Å². The summed E-state index contributed by atoms with van der Waals surface area (Å²) in [5.41, 5.74) is -0.0620. The summed E-state index contributed by atoms with van der Waals surface area (Å²) in [5.74, 6) is -2.48. The zero-order valence-corrected chi connectivity index (χ0v) is 13.3. The van der Waals surface area contributed by atoms with Gasteiger partial charge >= 0.3 is 12.3 Å². The zero-order chi connectivity index (χ0) is 19.3. The normalized spacial score (nSPS) is 14.9. The Morgan fingerprint density at radius 3 is 2.63 bits per heavy atom. The maximum Gasteiger partial charge on any atom is 0.586 e. The van der Waals surface area contributed by atoms with Crippen LogP contribution in [0.15, 0.2) is 36.4 Å². The number of halogens is 4. The van der Waals surface area contributed by atoms with E-state index in [0.29, 0.717) is 0 Å². The molecule has 0 saturated carbocycles. The number of alkyl halides is 4. The van der Waals surface area contributed by atoms with Gasteiger partial charge in [-0.1, -0.05) is 18.2 Å². The minimum absolute atomic E-state index is 0.115. The molecule has 0 spiro atoms. The molecule has 4 rings (SSSR count). The van der Waals surface area contributed by atoms with Gasteiger partial charge in [-0.25, -0.2) is 18.6 Å². The quantitative estimate of drug-likeness (QED) is 0.690. The van der Waals surface area contributed by atoms with E-state index in [9.17, 15) is 27.5 Å². The summed E-state index contributed by atoms with van der Waals surface area (Å²) in [5, 5.41) is 9.24. The first-order valence-electron chi connectivity index (χ1n) is 7.65. The number of rotatable bonds is 4. The van der Waals surface area contributed by atoms with Crippen LogP contribution in [0, 0.1) is 0 Å². The highest BCUT2D eigenvalue weighted by Crippen LogP contribution is 2.43. The van der Waals surface area contributed by atoms with Gasteiger partial charge in [0.2, 0.25) is 0 Å². The zero-order valence-electron chi connectivity index (χ0n) is 13.3. The molecule has 1 aromatic heterocycles. The van der Waals surface area contributed by atoms with Crippen LogP contribution in [0.5, 0.6) is 11.5 Å². The third-order valence-corrected chi connectivity index (χ3v) is 4.07. The van der Waals surface area contributed by atoms with E-state index >= 15 is 0 Å². The lowest BCUT2D eigenvalue weighted by Gasteiger charge is -2.11. The monoisotopic (exact) mass is 382 g/mol. The maximum atomic E-state index is 13.5. The number of carbonyl (C=O) groups is 1. The molecule has 0 radical (unpaired) electrons. The van der Waals surface area contributed by atoms with E-state index in [2.05, 4.69) is 14.5 Å². The molecule has 3 aromatic rings. The molecule has 2 heterocycles. The maximum absolute atomic E-state index is 13.5. The van der Waals surface area contributed by atoms with E-state index in [0.717, 1.165) is 4.57 Å². The largest absolute Gasteiger partial charge is 0.586 e. The van der Waals surface area contributed by atoms with Gasteiger partial charge < -0.3 is 19.1 Å². The molecule has 140 valence electrons. The van der Waals surface area contributed by atoms with Crippen molar-refractivity contribution >= 4 is 17.0 Å². The summed E-state index contributed by atoms with van der Waals surface area (Å²) in [4.78, 5) is 15.1. The number of benzene rings is 2. The predicted molar refractivity (Wildman–Crippen MR) is 83.4 cm³/mol. The number of ether oxygens (including phenoxy) is 2. The lowest BCUT2D eigenvalue weighted by Crippen LogP contribution is -2.26. The number of hydrogen-bond acceptors (Lipinski definition) is 4. The van der Waals surface area contributed by atoms with Crippen molar-refractivity contribution in [3.05, 3.63) is 53.3 Å². The second-order valence-corrected chi connectivity index (χ2v) is 5.75. The van der Waals surface area contributed by atoms with Crippen molar-refractivity contribution in [2.24, 2.45) is 0 Å². The lowest BCUT2D eigenvalue weighted by molar-refractivity contribution is -0.286. The van der Waals surface area contributed by atoms with E-state index in [1.165, 1.54) is 36.4 Å². The Morgan fingerprint density at radius 1 is 1.19 bits per heavy atom. The van der Waals surface area contributed by atoms with Crippen LogP contribution in [-0.4, -0.2) is 26.9 Å². The highest BCUT2D eigenvalue weighted by Gasteiger charge is 2.44. The summed E-state index contributed by atoms with van der Waals surface area (Å²) < 4.78 is 63.6. The van der Waals surface area contributed by atoms with Gasteiger partial charge in [-0.05, 0) is 18.2 Å². The number of para-hydroxylation sites is 2. The van der Waals surface area contributed by atoms with Crippen LogP contribution in [0.3, 0.4) is 0 Å². The smallest absolute Gasteiger partial charge is 0.478 e. The molecule has 0 aliphatic carbocycles. The first kappa shape index (κ1) is 17.1. The SMILES string of the molecule is O=C(O)c1cccc2c1nc(C(F)F)n2Cc1cccc2c1OC(F)(F)O2. The fraction of sp³-hybridized carbons (Fsp3) is 0.176. The van der Waals surface area contributed by atoms with Crippen molar-refractivity contribution in [3.8, 4) is 11.5 Å². The first-order chi connectivity index (χ1) is 12.8. The summed E-state index contributed by atoms with van der Waals surface area (Å²) in [6.07, 6.45) is -6.85. The molecular weight excluding hydrogens is 372 g/mol.